The molecule has 90 valence electrons. The van der Waals surface area contributed by atoms with Crippen molar-refractivity contribution in [1.82, 2.24) is 0 Å². The second kappa shape index (κ2) is 5.29. The minimum atomic E-state index is -0.693. The van der Waals surface area contributed by atoms with E-state index in [-0.39, 0.29) is 0 Å². The van der Waals surface area contributed by atoms with Crippen molar-refractivity contribution in [2.24, 2.45) is 0 Å². The van der Waals surface area contributed by atoms with Gasteiger partial charge < -0.3 is 5.11 Å². The zero-order chi connectivity index (χ0) is 12.6. The van der Waals surface area contributed by atoms with Crippen molar-refractivity contribution in [3.05, 3.63) is 54.1 Å². The molecule has 1 aromatic carbocycles. The molecule has 2 aromatic rings. The lowest BCUT2D eigenvalue weighted by Crippen LogP contribution is -1.96. The zero-order valence-electron chi connectivity index (χ0n) is 8.88. The third-order valence-electron chi connectivity index (χ3n) is 2.35. The van der Waals surface area contributed by atoms with Crippen molar-refractivity contribution in [1.29, 1.82) is 0 Å². The topological polar surface area (TPSA) is 20.2 Å². The van der Waals surface area contributed by atoms with Crippen molar-refractivity contribution < 1.29 is 5.11 Å². The molecule has 0 aliphatic carbocycles. The molecule has 0 bridgehead atoms. The van der Waals surface area contributed by atoms with Gasteiger partial charge in [-0.3, -0.25) is 0 Å². The number of aliphatic hydroxyl groups excluding tert-OH is 1. The van der Waals surface area contributed by atoms with Crippen LogP contribution in [0.2, 0.25) is 9.36 Å². The highest BCUT2D eigenvalue weighted by atomic mass is 79.9. The molecule has 0 amide bonds. The van der Waals surface area contributed by atoms with Crippen molar-refractivity contribution in [3.63, 3.8) is 0 Å². The highest BCUT2D eigenvalue weighted by molar-refractivity contribution is 9.10. The van der Waals surface area contributed by atoms with Crippen LogP contribution >= 0.6 is 50.5 Å². The highest BCUT2D eigenvalue weighted by Gasteiger charge is 2.15. The first-order chi connectivity index (χ1) is 7.97. The number of hydrogen-bond donors (Lipinski definition) is 1. The van der Waals surface area contributed by atoms with Crippen molar-refractivity contribution >= 4 is 50.5 Å². The predicted octanol–water partition coefficient (Wildman–Crippen LogP) is 5.21. The lowest BCUT2D eigenvalue weighted by Gasteiger charge is -2.09. The molecule has 0 saturated carbocycles. The molecule has 0 radical (unpaired) electrons. The van der Waals surface area contributed by atoms with Gasteiger partial charge in [-0.2, -0.15) is 0 Å². The molecule has 1 atom stereocenters. The van der Waals surface area contributed by atoms with Gasteiger partial charge in [0.1, 0.15) is 6.10 Å². The van der Waals surface area contributed by atoms with E-state index in [2.05, 4.69) is 15.9 Å². The van der Waals surface area contributed by atoms with E-state index in [1.807, 2.05) is 19.1 Å². The maximum atomic E-state index is 10.3. The molecule has 0 aliphatic rings. The smallest absolute Gasteiger partial charge is 0.113 e. The molecule has 17 heavy (non-hydrogen) atoms. The summed E-state index contributed by atoms with van der Waals surface area (Å²) in [5.41, 5.74) is 1.73. The molecule has 1 aromatic heterocycles. The number of aryl methyl sites for hydroxylation is 1. The maximum Gasteiger partial charge on any atom is 0.113 e. The minimum absolute atomic E-state index is 0.591. The Hall–Kier alpha value is -0.0600. The van der Waals surface area contributed by atoms with Crippen LogP contribution in [0.3, 0.4) is 0 Å². The van der Waals surface area contributed by atoms with Gasteiger partial charge in [-0.15, -0.1) is 11.3 Å². The number of halogens is 3. The van der Waals surface area contributed by atoms with E-state index in [4.69, 9.17) is 23.2 Å². The summed E-state index contributed by atoms with van der Waals surface area (Å²) in [4.78, 5) is 0.821. The molecule has 1 unspecified atom stereocenters. The Bertz CT molecular complexity index is 514. The molecule has 2 rings (SSSR count). The minimum Gasteiger partial charge on any atom is -0.383 e. The van der Waals surface area contributed by atoms with E-state index in [0.29, 0.717) is 9.36 Å². The fraction of sp³-hybridized carbons (Fsp3) is 0.167. The fourth-order valence-electron chi connectivity index (χ4n) is 1.52. The van der Waals surface area contributed by atoms with Crippen LogP contribution < -0.4 is 0 Å². The lowest BCUT2D eigenvalue weighted by molar-refractivity contribution is 0.224. The number of hydrogen-bond acceptors (Lipinski definition) is 2. The third-order valence-corrected chi connectivity index (χ3v) is 4.63. The maximum absolute atomic E-state index is 10.3. The Balaban J connectivity index is 2.39. The van der Waals surface area contributed by atoms with Gasteiger partial charge >= 0.3 is 0 Å². The lowest BCUT2D eigenvalue weighted by atomic mass is 10.1. The molecule has 0 aliphatic heterocycles. The van der Waals surface area contributed by atoms with Crippen LogP contribution in [0.15, 0.2) is 28.7 Å². The van der Waals surface area contributed by atoms with Crippen LogP contribution in [0, 0.1) is 6.92 Å². The van der Waals surface area contributed by atoms with Crippen LogP contribution in [0.25, 0.3) is 0 Å². The molecule has 0 saturated heterocycles. The summed E-state index contributed by atoms with van der Waals surface area (Å²) in [6.45, 7) is 1.92. The SMILES string of the molecule is Cc1cc(C(O)c2cc(Cl)cc(Br)c2)sc1Cl. The number of aliphatic hydroxyl groups is 1. The Morgan fingerprint density at radius 3 is 2.47 bits per heavy atom. The Morgan fingerprint density at radius 2 is 1.94 bits per heavy atom. The van der Waals surface area contributed by atoms with Crippen LogP contribution in [-0.4, -0.2) is 5.11 Å². The summed E-state index contributed by atoms with van der Waals surface area (Å²) in [5, 5.41) is 10.8. The first-order valence-electron chi connectivity index (χ1n) is 4.87. The molecule has 1 nitrogen and oxygen atoms in total. The van der Waals surface area contributed by atoms with Crippen molar-refractivity contribution in [2.45, 2.75) is 13.0 Å². The van der Waals surface area contributed by atoms with Crippen LogP contribution in [0.5, 0.6) is 0 Å². The van der Waals surface area contributed by atoms with Gasteiger partial charge in [0, 0.05) is 14.4 Å². The molecule has 1 N–H and O–H groups in total. The van der Waals surface area contributed by atoms with Gasteiger partial charge in [0.05, 0.1) is 4.34 Å². The first kappa shape index (κ1) is 13.4. The summed E-state index contributed by atoms with van der Waals surface area (Å²) in [6, 6.07) is 7.27. The van der Waals surface area contributed by atoms with E-state index < -0.39 is 6.10 Å². The molecule has 0 fully saturated rings. The molecule has 5 heteroatoms. The summed E-state index contributed by atoms with van der Waals surface area (Å²) >= 11 is 16.7. The van der Waals surface area contributed by atoms with E-state index >= 15 is 0 Å². The number of rotatable bonds is 2. The summed E-state index contributed by atoms with van der Waals surface area (Å²) in [5.74, 6) is 0. The summed E-state index contributed by atoms with van der Waals surface area (Å²) < 4.78 is 1.55. The second-order valence-corrected chi connectivity index (χ2v) is 6.75. The van der Waals surface area contributed by atoms with Crippen LogP contribution in [-0.2, 0) is 0 Å². The Labute approximate surface area is 122 Å². The van der Waals surface area contributed by atoms with Crippen molar-refractivity contribution in [2.75, 3.05) is 0 Å². The quantitative estimate of drug-likeness (QED) is 0.787. The Morgan fingerprint density at radius 1 is 1.24 bits per heavy atom. The van der Waals surface area contributed by atoms with Gasteiger partial charge in [-0.25, -0.2) is 0 Å². The van der Waals surface area contributed by atoms with Gasteiger partial charge in [0.25, 0.3) is 0 Å². The van der Waals surface area contributed by atoms with Crippen LogP contribution in [0.1, 0.15) is 22.1 Å². The number of thiophene rings is 1. The molecule has 1 heterocycles. The van der Waals surface area contributed by atoms with E-state index in [1.54, 1.807) is 12.1 Å². The van der Waals surface area contributed by atoms with E-state index in [1.165, 1.54) is 11.3 Å². The predicted molar refractivity (Wildman–Crippen MR) is 77.3 cm³/mol. The number of benzene rings is 1. The fourth-order valence-corrected chi connectivity index (χ4v) is 3.63. The van der Waals surface area contributed by atoms with Gasteiger partial charge in [-0.05, 0) is 42.3 Å². The standard InChI is InChI=1S/C12H9BrCl2OS/c1-6-2-10(17-12(6)15)11(16)7-3-8(13)5-9(14)4-7/h2-5,11,16H,1H3. The molecular weight excluding hydrogens is 343 g/mol. The van der Waals surface area contributed by atoms with Crippen molar-refractivity contribution in [3.8, 4) is 0 Å². The second-order valence-electron chi connectivity index (χ2n) is 3.71. The monoisotopic (exact) mass is 350 g/mol. The highest BCUT2D eigenvalue weighted by Crippen LogP contribution is 2.35. The first-order valence-corrected chi connectivity index (χ1v) is 7.24. The van der Waals surface area contributed by atoms with Gasteiger partial charge in [0.15, 0.2) is 0 Å². The Kier molecular flexibility index (Phi) is 4.16. The van der Waals surface area contributed by atoms with E-state index in [9.17, 15) is 5.11 Å². The van der Waals surface area contributed by atoms with Gasteiger partial charge in [-0.1, -0.05) is 39.1 Å². The molecular formula is C12H9BrCl2OS. The summed E-state index contributed by atoms with van der Waals surface area (Å²) in [6.07, 6.45) is -0.693. The van der Waals surface area contributed by atoms with Crippen LogP contribution in [0.4, 0.5) is 0 Å². The summed E-state index contributed by atoms with van der Waals surface area (Å²) in [7, 11) is 0. The average Bonchev–Trinajstić information content (AvgIpc) is 2.57. The largest absolute Gasteiger partial charge is 0.383 e. The molecule has 0 spiro atoms. The normalized spacial score (nSPS) is 12.8. The van der Waals surface area contributed by atoms with E-state index in [0.717, 1.165) is 20.5 Å². The third kappa shape index (κ3) is 3.04. The van der Waals surface area contributed by atoms with Gasteiger partial charge in [0.2, 0.25) is 0 Å². The average molecular weight is 352 g/mol. The zero-order valence-corrected chi connectivity index (χ0v) is 12.8.